The van der Waals surface area contributed by atoms with Crippen molar-refractivity contribution in [2.45, 2.75) is 19.8 Å². The molecule has 1 N–H and O–H groups in total. The maximum Gasteiger partial charge on any atom is 0.248 e. The van der Waals surface area contributed by atoms with E-state index in [1.807, 2.05) is 29.2 Å². The largest absolute Gasteiger partial charge is 0.439 e. The molecule has 1 fully saturated rings. The van der Waals surface area contributed by atoms with Gasteiger partial charge in [-0.2, -0.15) is 5.10 Å². The van der Waals surface area contributed by atoms with Gasteiger partial charge in [-0.15, -0.1) is 0 Å². The molecule has 1 amide bonds. The van der Waals surface area contributed by atoms with Gasteiger partial charge in [0, 0.05) is 63.9 Å². The van der Waals surface area contributed by atoms with Gasteiger partial charge in [0.05, 0.1) is 5.69 Å². The highest BCUT2D eigenvalue weighted by Crippen LogP contribution is 2.29. The van der Waals surface area contributed by atoms with Gasteiger partial charge in [0.25, 0.3) is 0 Å². The Bertz CT molecular complexity index is 1270. The zero-order valence-electron chi connectivity index (χ0n) is 21.4. The average Bonchev–Trinajstić information content (AvgIpc) is 3.44. The zero-order valence-corrected chi connectivity index (χ0v) is 21.4. The second-order valence-electron chi connectivity index (χ2n) is 9.62. The number of carbonyl (C=O) groups excluding carboxylic acids is 1. The number of amides is 1. The fraction of sp³-hybridized carbons (Fsp3) is 0.345. The molecule has 8 nitrogen and oxygen atoms in total. The lowest BCUT2D eigenvalue weighted by Gasteiger charge is -2.35. The van der Waals surface area contributed by atoms with Gasteiger partial charge in [-0.1, -0.05) is 23.8 Å². The second kappa shape index (κ2) is 11.5. The van der Waals surface area contributed by atoms with Crippen LogP contribution in [0.1, 0.15) is 24.5 Å². The fourth-order valence-corrected chi connectivity index (χ4v) is 4.82. The summed E-state index contributed by atoms with van der Waals surface area (Å²) in [5.74, 6) is 1.41. The molecule has 0 radical (unpaired) electrons. The standard InChI is InChI=1S/C29H33N5O3/c1-21-3-4-24-17-26(37-28-8-6-25(18-30-28)27-9-10-31-32-27)7-5-23(24)16-22(15-21)19-33-11-13-34(14-12-33)29(35)20-36-2/h5-10,15-18H,3-4,11-14,19-20H2,1-2H3,(H,31,32). The normalized spacial score (nSPS) is 16.3. The lowest BCUT2D eigenvalue weighted by molar-refractivity contribution is -0.136. The molecule has 37 heavy (non-hydrogen) atoms. The summed E-state index contributed by atoms with van der Waals surface area (Å²) in [5, 5.41) is 6.94. The third-order valence-electron chi connectivity index (χ3n) is 6.85. The number of H-pyrrole nitrogens is 1. The molecular weight excluding hydrogens is 466 g/mol. The van der Waals surface area contributed by atoms with E-state index in [0.29, 0.717) is 5.88 Å². The summed E-state index contributed by atoms with van der Waals surface area (Å²) in [6.45, 7) is 6.44. The third-order valence-corrected chi connectivity index (χ3v) is 6.85. The molecule has 0 atom stereocenters. The Balaban J connectivity index is 1.26. The van der Waals surface area contributed by atoms with Crippen LogP contribution in [-0.4, -0.2) is 77.3 Å². The van der Waals surface area contributed by atoms with Crippen LogP contribution in [0, 0.1) is 0 Å². The van der Waals surface area contributed by atoms with E-state index in [9.17, 15) is 4.79 Å². The van der Waals surface area contributed by atoms with Crippen LogP contribution in [0.25, 0.3) is 17.3 Å². The number of ether oxygens (including phenoxy) is 2. The topological polar surface area (TPSA) is 83.6 Å². The molecular formula is C29H33N5O3. The van der Waals surface area contributed by atoms with Crippen molar-refractivity contribution in [3.8, 4) is 22.9 Å². The predicted octanol–water partition coefficient (Wildman–Crippen LogP) is 4.33. The average molecular weight is 500 g/mol. The first kappa shape index (κ1) is 24.9. The summed E-state index contributed by atoms with van der Waals surface area (Å²) in [4.78, 5) is 20.9. The number of aromatic nitrogens is 3. The summed E-state index contributed by atoms with van der Waals surface area (Å²) in [6, 6.07) is 12.0. The van der Waals surface area contributed by atoms with E-state index in [1.165, 1.54) is 22.3 Å². The molecule has 1 aromatic carbocycles. The van der Waals surface area contributed by atoms with E-state index in [4.69, 9.17) is 9.47 Å². The molecule has 3 heterocycles. The minimum Gasteiger partial charge on any atom is -0.439 e. The molecule has 0 unspecified atom stereocenters. The highest BCUT2D eigenvalue weighted by molar-refractivity contribution is 5.77. The number of aromatic amines is 1. The molecule has 5 rings (SSSR count). The number of nitrogens with zero attached hydrogens (tertiary/aromatic N) is 4. The second-order valence-corrected chi connectivity index (χ2v) is 9.62. The molecule has 0 spiro atoms. The van der Waals surface area contributed by atoms with Gasteiger partial charge in [0.15, 0.2) is 0 Å². The molecule has 3 aromatic rings. The number of rotatable bonds is 7. The van der Waals surface area contributed by atoms with Crippen molar-refractivity contribution < 1.29 is 14.3 Å². The van der Waals surface area contributed by atoms with Crippen molar-refractivity contribution in [3.05, 3.63) is 77.1 Å². The number of fused-ring (bicyclic) bond motifs is 1. The number of piperazine rings is 1. The van der Waals surface area contributed by atoms with Crippen LogP contribution in [0.2, 0.25) is 0 Å². The van der Waals surface area contributed by atoms with Crippen LogP contribution in [0.3, 0.4) is 0 Å². The summed E-state index contributed by atoms with van der Waals surface area (Å²) in [5.41, 5.74) is 7.04. The molecule has 192 valence electrons. The molecule has 8 heteroatoms. The van der Waals surface area contributed by atoms with Crippen molar-refractivity contribution in [3.63, 3.8) is 0 Å². The molecule has 1 saturated heterocycles. The van der Waals surface area contributed by atoms with E-state index in [0.717, 1.165) is 62.6 Å². The lowest BCUT2D eigenvalue weighted by atomic mass is 9.94. The Labute approximate surface area is 217 Å². The number of nitrogens with one attached hydrogen (secondary N) is 1. The summed E-state index contributed by atoms with van der Waals surface area (Å²) < 4.78 is 11.1. The van der Waals surface area contributed by atoms with E-state index >= 15 is 0 Å². The molecule has 0 bridgehead atoms. The van der Waals surface area contributed by atoms with Crippen LogP contribution < -0.4 is 4.74 Å². The highest BCUT2D eigenvalue weighted by atomic mass is 16.5. The Morgan fingerprint density at radius 2 is 1.92 bits per heavy atom. The minimum atomic E-state index is 0.0685. The first-order valence-electron chi connectivity index (χ1n) is 12.7. The number of allylic oxidation sites excluding steroid dienone is 1. The predicted molar refractivity (Wildman–Crippen MR) is 143 cm³/mol. The van der Waals surface area contributed by atoms with E-state index in [1.54, 1.807) is 19.5 Å². The number of hydrogen-bond donors (Lipinski definition) is 1. The van der Waals surface area contributed by atoms with Crippen LogP contribution in [-0.2, 0) is 16.0 Å². The van der Waals surface area contributed by atoms with E-state index < -0.39 is 0 Å². The number of aryl methyl sites for hydroxylation is 1. The van der Waals surface area contributed by atoms with Crippen LogP contribution in [0.4, 0.5) is 0 Å². The van der Waals surface area contributed by atoms with Crippen molar-refractivity contribution in [2.75, 3.05) is 46.4 Å². The highest BCUT2D eigenvalue weighted by Gasteiger charge is 2.21. The van der Waals surface area contributed by atoms with Gasteiger partial charge in [-0.25, -0.2) is 4.98 Å². The number of benzene rings is 1. The van der Waals surface area contributed by atoms with Gasteiger partial charge in [-0.3, -0.25) is 14.8 Å². The molecule has 2 aliphatic rings. The Kier molecular flexibility index (Phi) is 7.77. The van der Waals surface area contributed by atoms with Crippen molar-refractivity contribution in [1.29, 1.82) is 0 Å². The minimum absolute atomic E-state index is 0.0685. The van der Waals surface area contributed by atoms with Gasteiger partial charge in [-0.05, 0) is 60.7 Å². The first-order valence-corrected chi connectivity index (χ1v) is 12.7. The zero-order chi connectivity index (χ0) is 25.6. The summed E-state index contributed by atoms with van der Waals surface area (Å²) in [6.07, 6.45) is 10.1. The number of methoxy groups -OCH3 is 1. The van der Waals surface area contributed by atoms with Gasteiger partial charge in [0.1, 0.15) is 12.4 Å². The number of hydrogen-bond acceptors (Lipinski definition) is 6. The molecule has 1 aliphatic heterocycles. The lowest BCUT2D eigenvalue weighted by Crippen LogP contribution is -2.49. The molecule has 2 aromatic heterocycles. The van der Waals surface area contributed by atoms with Gasteiger partial charge < -0.3 is 14.4 Å². The fourth-order valence-electron chi connectivity index (χ4n) is 4.82. The maximum atomic E-state index is 12.1. The molecule has 0 saturated carbocycles. The Hall–Kier alpha value is -3.75. The van der Waals surface area contributed by atoms with Crippen molar-refractivity contribution >= 4 is 12.0 Å². The van der Waals surface area contributed by atoms with Crippen molar-refractivity contribution in [1.82, 2.24) is 25.0 Å². The Morgan fingerprint density at radius 1 is 1.05 bits per heavy atom. The van der Waals surface area contributed by atoms with E-state index in [-0.39, 0.29) is 12.5 Å². The number of pyridine rings is 1. The van der Waals surface area contributed by atoms with Gasteiger partial charge in [0.2, 0.25) is 11.8 Å². The maximum absolute atomic E-state index is 12.1. The first-order chi connectivity index (χ1) is 18.1. The SMILES string of the molecule is COCC(=O)N1CCN(CC2=Cc3ccc(Oc4ccc(-c5ccn[nH]5)cn4)cc3CCC(C)=C2)CC1. The Morgan fingerprint density at radius 3 is 2.65 bits per heavy atom. The van der Waals surface area contributed by atoms with Crippen LogP contribution in [0.15, 0.2) is 66.0 Å². The quantitative estimate of drug-likeness (QED) is 0.521. The third kappa shape index (κ3) is 6.34. The van der Waals surface area contributed by atoms with E-state index in [2.05, 4.69) is 51.3 Å². The monoisotopic (exact) mass is 499 g/mol. The smallest absolute Gasteiger partial charge is 0.248 e. The van der Waals surface area contributed by atoms with Crippen LogP contribution in [0.5, 0.6) is 11.6 Å². The van der Waals surface area contributed by atoms with Gasteiger partial charge >= 0.3 is 0 Å². The van der Waals surface area contributed by atoms with Crippen LogP contribution >= 0.6 is 0 Å². The molecule has 1 aliphatic carbocycles. The summed E-state index contributed by atoms with van der Waals surface area (Å²) >= 11 is 0. The summed E-state index contributed by atoms with van der Waals surface area (Å²) in [7, 11) is 1.56. The van der Waals surface area contributed by atoms with Crippen molar-refractivity contribution in [2.24, 2.45) is 0 Å². The number of carbonyl (C=O) groups is 1.